The van der Waals surface area contributed by atoms with E-state index in [1.165, 1.54) is 0 Å². The first-order chi connectivity index (χ1) is 17.2. The molecule has 6 nitrogen and oxygen atoms in total. The fraction of sp³-hybridized carbons (Fsp3) is 0.241. The van der Waals surface area contributed by atoms with E-state index in [4.69, 9.17) is 0 Å². The number of aryl methyl sites for hydroxylation is 1. The smallest absolute Gasteiger partial charge is 0.258 e. The average molecular weight is 500 g/mol. The summed E-state index contributed by atoms with van der Waals surface area (Å²) in [5, 5.41) is 16.3. The first-order valence-corrected chi connectivity index (χ1v) is 12.8. The number of allylic oxidation sites excluding steroid dienone is 1. The van der Waals surface area contributed by atoms with Crippen molar-refractivity contribution in [2.45, 2.75) is 38.6 Å². The summed E-state index contributed by atoms with van der Waals surface area (Å²) in [4.78, 5) is 28.2. The quantitative estimate of drug-likeness (QED) is 0.462. The highest BCUT2D eigenvalue weighted by Crippen LogP contribution is 2.42. The van der Waals surface area contributed by atoms with Crippen LogP contribution in [0.5, 0.6) is 5.75 Å². The van der Waals surface area contributed by atoms with Crippen molar-refractivity contribution in [1.82, 2.24) is 10.6 Å². The van der Waals surface area contributed by atoms with Gasteiger partial charge in [-0.15, -0.1) is 0 Å². The lowest BCUT2D eigenvalue weighted by Crippen LogP contribution is -2.51. The molecule has 3 aromatic carbocycles. The Hall–Kier alpha value is -3.71. The number of rotatable bonds is 5. The van der Waals surface area contributed by atoms with Crippen molar-refractivity contribution in [2.24, 2.45) is 0 Å². The number of anilines is 1. The Morgan fingerprint density at radius 3 is 2.67 bits per heavy atom. The number of benzene rings is 3. The van der Waals surface area contributed by atoms with Crippen LogP contribution in [0.4, 0.5) is 5.69 Å². The summed E-state index contributed by atoms with van der Waals surface area (Å²) in [6, 6.07) is 20.6. The first-order valence-electron chi connectivity index (χ1n) is 12.0. The van der Waals surface area contributed by atoms with Crippen molar-refractivity contribution in [1.29, 1.82) is 0 Å². The van der Waals surface area contributed by atoms with Gasteiger partial charge in [0, 0.05) is 22.7 Å². The molecule has 1 atom stereocenters. The zero-order chi connectivity index (χ0) is 25.4. The Morgan fingerprint density at radius 2 is 1.89 bits per heavy atom. The highest BCUT2D eigenvalue weighted by atomic mass is 32.2. The summed E-state index contributed by atoms with van der Waals surface area (Å²) < 4.78 is 0. The number of nitrogens with zero attached hydrogens (tertiary/aromatic N) is 1. The molecule has 2 heterocycles. The SMILES string of the molecule is CC1=C(c2ccc3c(c2)CCN3C(=O)c2ccccc2C)NC(C)(NC(=O)Cc2cccc(O)c2)S1. The molecule has 0 fully saturated rings. The van der Waals surface area contributed by atoms with Gasteiger partial charge in [-0.2, -0.15) is 0 Å². The zero-order valence-electron chi connectivity index (χ0n) is 20.6. The van der Waals surface area contributed by atoms with Crippen LogP contribution in [0.15, 0.2) is 71.6 Å². The lowest BCUT2D eigenvalue weighted by Gasteiger charge is -2.27. The molecule has 0 bridgehead atoms. The molecule has 3 aromatic rings. The number of amides is 2. The molecule has 5 rings (SSSR count). The average Bonchev–Trinajstić information content (AvgIpc) is 3.38. The van der Waals surface area contributed by atoms with Crippen LogP contribution in [0.1, 0.15) is 46.5 Å². The maximum absolute atomic E-state index is 13.2. The van der Waals surface area contributed by atoms with Gasteiger partial charge in [0.1, 0.15) is 5.75 Å². The summed E-state index contributed by atoms with van der Waals surface area (Å²) in [7, 11) is 0. The van der Waals surface area contributed by atoms with Crippen LogP contribution in [-0.4, -0.2) is 28.5 Å². The number of carbonyl (C=O) groups excluding carboxylic acids is 2. The minimum absolute atomic E-state index is 0.0339. The fourth-order valence-corrected chi connectivity index (χ4v) is 6.13. The van der Waals surface area contributed by atoms with Gasteiger partial charge in [0.15, 0.2) is 4.99 Å². The second kappa shape index (κ2) is 9.39. The van der Waals surface area contributed by atoms with Gasteiger partial charge in [-0.05, 0) is 79.8 Å². The Bertz CT molecular complexity index is 1400. The minimum atomic E-state index is -0.681. The molecule has 7 heteroatoms. The molecule has 0 spiro atoms. The topological polar surface area (TPSA) is 81.7 Å². The Balaban J connectivity index is 1.30. The lowest BCUT2D eigenvalue weighted by molar-refractivity contribution is -0.121. The maximum atomic E-state index is 13.2. The Kier molecular flexibility index (Phi) is 6.26. The molecule has 2 amide bonds. The summed E-state index contributed by atoms with van der Waals surface area (Å²) >= 11 is 1.57. The van der Waals surface area contributed by atoms with E-state index in [-0.39, 0.29) is 24.0 Å². The monoisotopic (exact) mass is 499 g/mol. The molecule has 3 N–H and O–H groups in total. The number of phenolic OH excluding ortho intramolecular Hbond substituents is 1. The summed E-state index contributed by atoms with van der Waals surface area (Å²) in [5.74, 6) is 0.0542. The zero-order valence-corrected chi connectivity index (χ0v) is 21.4. The molecule has 2 aliphatic heterocycles. The number of phenols is 1. The van der Waals surface area contributed by atoms with Crippen LogP contribution in [0.3, 0.4) is 0 Å². The van der Waals surface area contributed by atoms with Crippen LogP contribution in [0, 0.1) is 6.92 Å². The maximum Gasteiger partial charge on any atom is 0.258 e. The number of aromatic hydroxyl groups is 1. The number of nitrogens with one attached hydrogen (secondary N) is 2. The highest BCUT2D eigenvalue weighted by Gasteiger charge is 2.36. The van der Waals surface area contributed by atoms with E-state index in [2.05, 4.69) is 16.7 Å². The second-order valence-electron chi connectivity index (χ2n) is 9.45. The molecule has 1 unspecified atom stereocenters. The summed E-state index contributed by atoms with van der Waals surface area (Å²) in [6.07, 6.45) is 0.988. The number of hydrogen-bond acceptors (Lipinski definition) is 5. The minimum Gasteiger partial charge on any atom is -0.508 e. The largest absolute Gasteiger partial charge is 0.508 e. The molecule has 0 radical (unpaired) electrons. The number of hydrogen-bond donors (Lipinski definition) is 3. The number of carbonyl (C=O) groups is 2. The van der Waals surface area contributed by atoms with E-state index in [9.17, 15) is 14.7 Å². The number of fused-ring (bicyclic) bond motifs is 1. The van der Waals surface area contributed by atoms with E-state index < -0.39 is 4.99 Å². The van der Waals surface area contributed by atoms with E-state index in [1.807, 2.05) is 68.1 Å². The highest BCUT2D eigenvalue weighted by molar-refractivity contribution is 8.04. The van der Waals surface area contributed by atoms with Crippen molar-refractivity contribution in [3.05, 3.63) is 99.5 Å². The van der Waals surface area contributed by atoms with Crippen molar-refractivity contribution in [3.8, 4) is 5.75 Å². The van der Waals surface area contributed by atoms with Crippen LogP contribution in [-0.2, 0) is 17.6 Å². The predicted molar refractivity (Wildman–Crippen MR) is 145 cm³/mol. The van der Waals surface area contributed by atoms with E-state index in [0.29, 0.717) is 6.54 Å². The van der Waals surface area contributed by atoms with E-state index >= 15 is 0 Å². The Morgan fingerprint density at radius 1 is 1.08 bits per heavy atom. The van der Waals surface area contributed by atoms with Gasteiger partial charge in [0.2, 0.25) is 5.91 Å². The lowest BCUT2D eigenvalue weighted by atomic mass is 10.0. The third kappa shape index (κ3) is 4.71. The molecule has 0 aromatic heterocycles. The van der Waals surface area contributed by atoms with Gasteiger partial charge >= 0.3 is 0 Å². The molecular formula is C29H29N3O3S. The van der Waals surface area contributed by atoms with Gasteiger partial charge in [0.05, 0.1) is 12.1 Å². The molecule has 2 aliphatic rings. The molecule has 0 aliphatic carbocycles. The second-order valence-corrected chi connectivity index (χ2v) is 11.1. The van der Waals surface area contributed by atoms with Crippen molar-refractivity contribution in [3.63, 3.8) is 0 Å². The van der Waals surface area contributed by atoms with Crippen LogP contribution >= 0.6 is 11.8 Å². The predicted octanol–water partition coefficient (Wildman–Crippen LogP) is 4.96. The van der Waals surface area contributed by atoms with Crippen molar-refractivity contribution >= 4 is 35.0 Å². The fourth-order valence-electron chi connectivity index (χ4n) is 4.93. The molecule has 0 saturated heterocycles. The molecular weight excluding hydrogens is 470 g/mol. The third-order valence-electron chi connectivity index (χ3n) is 6.61. The van der Waals surface area contributed by atoms with Gasteiger partial charge in [0.25, 0.3) is 5.91 Å². The van der Waals surface area contributed by atoms with E-state index in [0.717, 1.165) is 50.5 Å². The third-order valence-corrected chi connectivity index (χ3v) is 7.73. The van der Waals surface area contributed by atoms with Crippen LogP contribution < -0.4 is 15.5 Å². The summed E-state index contributed by atoms with van der Waals surface area (Å²) in [5.41, 5.74) is 6.58. The van der Waals surface area contributed by atoms with Gasteiger partial charge < -0.3 is 20.6 Å². The summed E-state index contributed by atoms with van der Waals surface area (Å²) in [6.45, 7) is 6.62. The van der Waals surface area contributed by atoms with Gasteiger partial charge in [-0.3, -0.25) is 9.59 Å². The standard InChI is InChI=1S/C29H29N3O3S/c1-18-7-4-5-10-24(18)28(35)32-14-13-21-17-22(11-12-25(21)32)27-19(2)36-29(3,31-27)30-26(34)16-20-8-6-9-23(33)15-20/h4-12,15,17,31,33H,13-14,16H2,1-3H3,(H,30,34). The first kappa shape index (κ1) is 24.0. The van der Waals surface area contributed by atoms with Crippen molar-refractivity contribution < 1.29 is 14.7 Å². The Labute approximate surface area is 215 Å². The van der Waals surface area contributed by atoms with E-state index in [1.54, 1.807) is 30.0 Å². The van der Waals surface area contributed by atoms with Gasteiger partial charge in [-0.25, -0.2) is 0 Å². The van der Waals surface area contributed by atoms with Crippen molar-refractivity contribution in [2.75, 3.05) is 11.4 Å². The molecule has 36 heavy (non-hydrogen) atoms. The van der Waals surface area contributed by atoms with Gasteiger partial charge in [-0.1, -0.05) is 48.2 Å². The molecule has 184 valence electrons. The normalized spacial score (nSPS) is 18.7. The molecule has 0 saturated carbocycles. The van der Waals surface area contributed by atoms with Crippen LogP contribution in [0.2, 0.25) is 0 Å². The van der Waals surface area contributed by atoms with Crippen LogP contribution in [0.25, 0.3) is 5.70 Å². The number of thioether (sulfide) groups is 1.